The van der Waals surface area contributed by atoms with E-state index in [-0.39, 0.29) is 11.5 Å². The van der Waals surface area contributed by atoms with Crippen molar-refractivity contribution >= 4 is 23.6 Å². The van der Waals surface area contributed by atoms with Crippen molar-refractivity contribution in [2.45, 2.75) is 30.4 Å². The first-order valence-corrected chi connectivity index (χ1v) is 7.45. The first-order chi connectivity index (χ1) is 10.0. The van der Waals surface area contributed by atoms with Gasteiger partial charge in [-0.2, -0.15) is 8.78 Å². The van der Waals surface area contributed by atoms with E-state index in [1.807, 2.05) is 0 Å². The van der Waals surface area contributed by atoms with Gasteiger partial charge in [0.25, 0.3) is 11.7 Å². The number of methoxy groups -OCH3 is 1. The monoisotopic (exact) mass is 319 g/mol. The van der Waals surface area contributed by atoms with Crippen LogP contribution in [0.25, 0.3) is 0 Å². The van der Waals surface area contributed by atoms with Gasteiger partial charge in [0.1, 0.15) is 11.8 Å². The third-order valence-electron chi connectivity index (χ3n) is 3.21. The predicted octanol–water partition coefficient (Wildman–Crippen LogP) is 2.51. The Hall–Kier alpha value is -1.57. The smallest absolute Gasteiger partial charge is 0.328 e. The van der Waals surface area contributed by atoms with Crippen molar-refractivity contribution in [3.63, 3.8) is 0 Å². The molecule has 5 nitrogen and oxygen atoms in total. The summed E-state index contributed by atoms with van der Waals surface area (Å²) in [5, 5.41) is 0. The molecule has 1 aromatic heterocycles. The molecular formula is C13H15F2NO4S. The molecule has 2 rings (SSSR count). The fourth-order valence-corrected chi connectivity index (χ4v) is 2.69. The lowest BCUT2D eigenvalue weighted by atomic mass is 10.2. The van der Waals surface area contributed by atoms with E-state index in [1.54, 1.807) is 0 Å². The molecule has 1 saturated heterocycles. The van der Waals surface area contributed by atoms with Gasteiger partial charge in [0.05, 0.1) is 12.9 Å². The van der Waals surface area contributed by atoms with Crippen molar-refractivity contribution in [3.8, 4) is 0 Å². The third kappa shape index (κ3) is 3.75. The second-order valence-electron chi connectivity index (χ2n) is 4.52. The lowest BCUT2D eigenvalue weighted by Gasteiger charge is -2.21. The zero-order valence-electron chi connectivity index (χ0n) is 11.4. The molecule has 1 amide bonds. The van der Waals surface area contributed by atoms with Gasteiger partial charge in [0.2, 0.25) is 0 Å². The van der Waals surface area contributed by atoms with Crippen LogP contribution in [0, 0.1) is 0 Å². The van der Waals surface area contributed by atoms with Gasteiger partial charge < -0.3 is 14.1 Å². The number of nitrogens with zero attached hydrogens (tertiary/aromatic N) is 1. The van der Waals surface area contributed by atoms with Crippen LogP contribution in [0.1, 0.15) is 29.2 Å². The molecule has 8 heteroatoms. The maximum atomic E-state index is 12.3. The minimum Gasteiger partial charge on any atom is -0.467 e. The van der Waals surface area contributed by atoms with Crippen LogP contribution in [0.2, 0.25) is 0 Å². The largest absolute Gasteiger partial charge is 0.467 e. The molecule has 2 heterocycles. The number of amides is 1. The number of hydrogen-bond donors (Lipinski definition) is 0. The Morgan fingerprint density at radius 2 is 2.29 bits per heavy atom. The van der Waals surface area contributed by atoms with Crippen LogP contribution in [-0.2, 0) is 15.3 Å². The zero-order valence-corrected chi connectivity index (χ0v) is 12.2. The summed E-state index contributed by atoms with van der Waals surface area (Å²) in [6.45, 7) is 0.445. The zero-order chi connectivity index (χ0) is 15.4. The van der Waals surface area contributed by atoms with Crippen molar-refractivity contribution in [1.82, 2.24) is 4.90 Å². The van der Waals surface area contributed by atoms with Crippen molar-refractivity contribution in [2.75, 3.05) is 13.7 Å². The van der Waals surface area contributed by atoms with Crippen LogP contribution in [-0.4, -0.2) is 42.2 Å². The highest BCUT2D eigenvalue weighted by Gasteiger charge is 2.36. The molecule has 0 saturated carbocycles. The first-order valence-electron chi connectivity index (χ1n) is 6.40. The SMILES string of the molecule is COC(=O)C1CCCN1C(=O)c1ccc(CSC(F)F)o1. The summed E-state index contributed by atoms with van der Waals surface area (Å²) < 4.78 is 34.2. The summed E-state index contributed by atoms with van der Waals surface area (Å²) >= 11 is 0.425. The topological polar surface area (TPSA) is 59.8 Å². The van der Waals surface area contributed by atoms with E-state index in [9.17, 15) is 18.4 Å². The molecule has 1 aliphatic rings. The fraction of sp³-hybridized carbons (Fsp3) is 0.538. The Labute approximate surface area is 124 Å². The van der Waals surface area contributed by atoms with Crippen molar-refractivity contribution in [3.05, 3.63) is 23.7 Å². The van der Waals surface area contributed by atoms with Crippen molar-refractivity contribution in [2.24, 2.45) is 0 Å². The van der Waals surface area contributed by atoms with Crippen LogP contribution in [0.5, 0.6) is 0 Å². The van der Waals surface area contributed by atoms with E-state index in [0.29, 0.717) is 36.9 Å². The lowest BCUT2D eigenvalue weighted by Crippen LogP contribution is -2.40. The van der Waals surface area contributed by atoms with E-state index in [0.717, 1.165) is 0 Å². The highest BCUT2D eigenvalue weighted by molar-refractivity contribution is 7.98. The highest BCUT2D eigenvalue weighted by atomic mass is 32.2. The van der Waals surface area contributed by atoms with E-state index in [1.165, 1.54) is 24.1 Å². The van der Waals surface area contributed by atoms with Crippen LogP contribution in [0.15, 0.2) is 16.5 Å². The first kappa shape index (κ1) is 15.8. The number of esters is 1. The normalized spacial score (nSPS) is 18.3. The van der Waals surface area contributed by atoms with Gasteiger partial charge in [-0.05, 0) is 25.0 Å². The van der Waals surface area contributed by atoms with Crippen LogP contribution < -0.4 is 0 Å². The standard InChI is InChI=1S/C13H15F2NO4S/c1-19-12(18)9-3-2-6-16(9)11(17)10-5-4-8(20-10)7-21-13(14)15/h4-5,9,13H,2-3,6-7H2,1H3. The number of likely N-dealkylation sites (tertiary alicyclic amines) is 1. The molecule has 1 aromatic rings. The van der Waals surface area contributed by atoms with Crippen molar-refractivity contribution in [1.29, 1.82) is 0 Å². The van der Waals surface area contributed by atoms with Gasteiger partial charge in [-0.15, -0.1) is 0 Å². The molecule has 0 bridgehead atoms. The third-order valence-corrected chi connectivity index (χ3v) is 3.91. The Morgan fingerprint density at radius 3 is 2.95 bits per heavy atom. The molecule has 0 aromatic carbocycles. The second kappa shape index (κ2) is 6.93. The molecule has 0 N–H and O–H groups in total. The number of carbonyl (C=O) groups is 2. The number of furan rings is 1. The van der Waals surface area contributed by atoms with Gasteiger partial charge in [0, 0.05) is 6.54 Å². The predicted molar refractivity (Wildman–Crippen MR) is 72.1 cm³/mol. The molecule has 1 unspecified atom stereocenters. The fourth-order valence-electron chi connectivity index (χ4n) is 2.25. The average molecular weight is 319 g/mol. The van der Waals surface area contributed by atoms with Gasteiger partial charge in [-0.25, -0.2) is 4.79 Å². The average Bonchev–Trinajstić information content (AvgIpc) is 3.12. The van der Waals surface area contributed by atoms with Crippen molar-refractivity contribution < 1.29 is 27.5 Å². The molecule has 21 heavy (non-hydrogen) atoms. The maximum absolute atomic E-state index is 12.3. The summed E-state index contributed by atoms with van der Waals surface area (Å²) in [5.74, 6) is -3.02. The molecule has 1 fully saturated rings. The van der Waals surface area contributed by atoms with E-state index in [2.05, 4.69) is 4.74 Å². The van der Waals surface area contributed by atoms with Gasteiger partial charge in [-0.1, -0.05) is 11.8 Å². The molecule has 0 radical (unpaired) electrons. The minimum atomic E-state index is -2.49. The number of halogens is 2. The Bertz CT molecular complexity index is 520. The summed E-state index contributed by atoms with van der Waals surface area (Å²) in [6.07, 6.45) is 1.26. The lowest BCUT2D eigenvalue weighted by molar-refractivity contribution is -0.145. The number of alkyl halides is 2. The van der Waals surface area contributed by atoms with Crippen LogP contribution >= 0.6 is 11.8 Å². The quantitative estimate of drug-likeness (QED) is 0.781. The molecule has 0 aliphatic carbocycles. The van der Waals surface area contributed by atoms with E-state index >= 15 is 0 Å². The summed E-state index contributed by atoms with van der Waals surface area (Å²) in [6, 6.07) is 2.33. The summed E-state index contributed by atoms with van der Waals surface area (Å²) in [4.78, 5) is 25.3. The molecule has 116 valence electrons. The molecule has 1 aliphatic heterocycles. The number of thioether (sulfide) groups is 1. The van der Waals surface area contributed by atoms with Gasteiger partial charge in [0.15, 0.2) is 5.76 Å². The Morgan fingerprint density at radius 1 is 1.52 bits per heavy atom. The minimum absolute atomic E-state index is 0.00855. The number of ether oxygens (including phenoxy) is 1. The molecular weight excluding hydrogens is 304 g/mol. The maximum Gasteiger partial charge on any atom is 0.328 e. The number of rotatable bonds is 5. The van der Waals surface area contributed by atoms with Crippen LogP contribution in [0.4, 0.5) is 8.78 Å². The second-order valence-corrected chi connectivity index (χ2v) is 5.50. The van der Waals surface area contributed by atoms with E-state index in [4.69, 9.17) is 4.42 Å². The summed E-state index contributed by atoms with van der Waals surface area (Å²) in [7, 11) is 1.27. The van der Waals surface area contributed by atoms with E-state index < -0.39 is 23.7 Å². The van der Waals surface area contributed by atoms with Gasteiger partial charge >= 0.3 is 5.97 Å². The Kier molecular flexibility index (Phi) is 5.22. The highest BCUT2D eigenvalue weighted by Crippen LogP contribution is 2.24. The number of carbonyl (C=O) groups excluding carboxylic acids is 2. The van der Waals surface area contributed by atoms with Crippen LogP contribution in [0.3, 0.4) is 0 Å². The molecule has 0 spiro atoms. The summed E-state index contributed by atoms with van der Waals surface area (Å²) in [5.41, 5.74) is 0. The molecule has 1 atom stereocenters. The Balaban J connectivity index is 2.04. The van der Waals surface area contributed by atoms with Gasteiger partial charge in [-0.3, -0.25) is 4.79 Å². The number of hydrogen-bond acceptors (Lipinski definition) is 5.